The molecule has 0 saturated heterocycles. The highest BCUT2D eigenvalue weighted by Gasteiger charge is 2.55. The molecule has 2 fully saturated rings. The maximum Gasteiger partial charge on any atom is 0.200 e. The molecule has 0 aromatic heterocycles. The molecule has 2 aliphatic rings. The van der Waals surface area contributed by atoms with Crippen molar-refractivity contribution in [2.75, 3.05) is 0 Å². The highest BCUT2D eigenvalue weighted by atomic mass is 32.2. The standard InChI is InChI=1S/C18H14F5NS/c19-12-13(20)15(22)17(16(23)14(12)21)25-24(11-6-7-11)18(8-9-18)10-4-2-1-3-5-10/h1-5,11H,6-9H2. The Morgan fingerprint density at radius 3 is 1.80 bits per heavy atom. The molecule has 2 aromatic rings. The summed E-state index contributed by atoms with van der Waals surface area (Å²) in [6, 6.07) is 9.57. The molecule has 0 bridgehead atoms. The zero-order chi connectivity index (χ0) is 17.8. The smallest absolute Gasteiger partial charge is 0.200 e. The lowest BCUT2D eigenvalue weighted by molar-refractivity contribution is 0.321. The molecular formula is C18H14F5NS. The Morgan fingerprint density at radius 2 is 1.32 bits per heavy atom. The van der Waals surface area contributed by atoms with E-state index < -0.39 is 39.5 Å². The molecule has 2 saturated carbocycles. The molecule has 0 unspecified atom stereocenters. The van der Waals surface area contributed by atoms with Crippen molar-refractivity contribution in [3.8, 4) is 0 Å². The van der Waals surface area contributed by atoms with Gasteiger partial charge in [0, 0.05) is 6.04 Å². The Balaban J connectivity index is 1.74. The number of hydrogen-bond donors (Lipinski definition) is 0. The second-order valence-corrected chi connectivity index (χ2v) is 7.43. The number of hydrogen-bond acceptors (Lipinski definition) is 2. The van der Waals surface area contributed by atoms with Crippen LogP contribution in [0.15, 0.2) is 35.2 Å². The lowest BCUT2D eigenvalue weighted by atomic mass is 10.1. The molecule has 7 heteroatoms. The van der Waals surface area contributed by atoms with Gasteiger partial charge in [0.05, 0.1) is 5.54 Å². The van der Waals surface area contributed by atoms with E-state index in [0.717, 1.165) is 31.2 Å². The van der Waals surface area contributed by atoms with E-state index in [1.54, 1.807) is 0 Å². The van der Waals surface area contributed by atoms with Crippen LogP contribution in [0.2, 0.25) is 0 Å². The number of rotatable bonds is 5. The van der Waals surface area contributed by atoms with Gasteiger partial charge in [-0.25, -0.2) is 26.3 Å². The first-order chi connectivity index (χ1) is 12.0. The minimum absolute atomic E-state index is 0.0719. The summed E-state index contributed by atoms with van der Waals surface area (Å²) < 4.78 is 70.3. The largest absolute Gasteiger partial charge is 0.233 e. The summed E-state index contributed by atoms with van der Waals surface area (Å²) in [5, 5.41) is 0. The van der Waals surface area contributed by atoms with Gasteiger partial charge in [-0.3, -0.25) is 0 Å². The topological polar surface area (TPSA) is 3.24 Å². The van der Waals surface area contributed by atoms with Crippen molar-refractivity contribution < 1.29 is 22.0 Å². The van der Waals surface area contributed by atoms with Crippen LogP contribution in [0, 0.1) is 29.1 Å². The molecule has 0 heterocycles. The van der Waals surface area contributed by atoms with Gasteiger partial charge < -0.3 is 0 Å². The van der Waals surface area contributed by atoms with Crippen molar-refractivity contribution in [3.05, 3.63) is 65.0 Å². The van der Waals surface area contributed by atoms with Crippen LogP contribution >= 0.6 is 11.9 Å². The quantitative estimate of drug-likeness (QED) is 0.294. The number of halogens is 5. The Hall–Kier alpha value is -1.60. The number of benzene rings is 2. The van der Waals surface area contributed by atoms with Gasteiger partial charge in [0.15, 0.2) is 23.3 Å². The van der Waals surface area contributed by atoms with Gasteiger partial charge in [-0.2, -0.15) is 0 Å². The lowest BCUT2D eigenvalue weighted by Gasteiger charge is -2.31. The molecule has 0 aliphatic heterocycles. The zero-order valence-electron chi connectivity index (χ0n) is 13.0. The fourth-order valence-electron chi connectivity index (χ4n) is 3.09. The maximum atomic E-state index is 14.1. The summed E-state index contributed by atoms with van der Waals surface area (Å²) >= 11 is 0.651. The third kappa shape index (κ3) is 2.73. The van der Waals surface area contributed by atoms with E-state index in [1.165, 1.54) is 0 Å². The van der Waals surface area contributed by atoms with Crippen LogP contribution in [0.4, 0.5) is 22.0 Å². The normalized spacial score (nSPS) is 18.6. The fraction of sp³-hybridized carbons (Fsp3) is 0.333. The highest BCUT2D eigenvalue weighted by molar-refractivity contribution is 7.97. The van der Waals surface area contributed by atoms with Gasteiger partial charge in [-0.15, -0.1) is 0 Å². The van der Waals surface area contributed by atoms with E-state index in [2.05, 4.69) is 0 Å². The summed E-state index contributed by atoms with van der Waals surface area (Å²) in [4.78, 5) is -0.828. The van der Waals surface area contributed by atoms with Gasteiger partial charge in [-0.1, -0.05) is 30.3 Å². The van der Waals surface area contributed by atoms with Gasteiger partial charge >= 0.3 is 0 Å². The molecule has 0 atom stereocenters. The summed E-state index contributed by atoms with van der Waals surface area (Å²) in [7, 11) is 0. The van der Waals surface area contributed by atoms with Crippen LogP contribution < -0.4 is 0 Å². The van der Waals surface area contributed by atoms with Crippen molar-refractivity contribution in [1.29, 1.82) is 0 Å². The molecule has 0 spiro atoms. The van der Waals surface area contributed by atoms with Crippen molar-refractivity contribution >= 4 is 11.9 Å². The Morgan fingerprint density at radius 1 is 0.800 bits per heavy atom. The first-order valence-corrected chi connectivity index (χ1v) is 8.77. The van der Waals surface area contributed by atoms with E-state index in [9.17, 15) is 22.0 Å². The Labute approximate surface area is 146 Å². The molecular weight excluding hydrogens is 357 g/mol. The van der Waals surface area contributed by atoms with Crippen molar-refractivity contribution in [2.24, 2.45) is 0 Å². The van der Waals surface area contributed by atoms with Crippen molar-refractivity contribution in [2.45, 2.75) is 42.2 Å². The summed E-state index contributed by atoms with van der Waals surface area (Å²) in [5.41, 5.74) is 0.589. The average Bonchev–Trinajstić information content (AvgIpc) is 3.53. The Kier molecular flexibility index (Phi) is 4.03. The molecule has 25 heavy (non-hydrogen) atoms. The van der Waals surface area contributed by atoms with E-state index in [1.807, 2.05) is 34.6 Å². The summed E-state index contributed by atoms with van der Waals surface area (Å²) in [6.07, 6.45) is 3.26. The van der Waals surface area contributed by atoms with Crippen LogP contribution in [-0.4, -0.2) is 10.3 Å². The minimum atomic E-state index is -2.12. The van der Waals surface area contributed by atoms with Crippen LogP contribution in [-0.2, 0) is 5.54 Å². The number of nitrogens with zero attached hydrogens (tertiary/aromatic N) is 1. The van der Waals surface area contributed by atoms with E-state index in [0.29, 0.717) is 11.9 Å². The predicted molar refractivity (Wildman–Crippen MR) is 84.3 cm³/mol. The molecule has 2 aromatic carbocycles. The van der Waals surface area contributed by atoms with Crippen molar-refractivity contribution in [3.63, 3.8) is 0 Å². The van der Waals surface area contributed by atoms with Gasteiger partial charge in [-0.05, 0) is 43.2 Å². The predicted octanol–water partition coefficient (Wildman–Crippen LogP) is 5.54. The van der Waals surface area contributed by atoms with Crippen LogP contribution in [0.1, 0.15) is 31.2 Å². The van der Waals surface area contributed by atoms with Crippen LogP contribution in [0.3, 0.4) is 0 Å². The molecule has 0 N–H and O–H groups in total. The molecule has 132 valence electrons. The maximum absolute atomic E-state index is 14.1. The second-order valence-electron chi connectivity index (χ2n) is 6.44. The minimum Gasteiger partial charge on any atom is -0.233 e. The van der Waals surface area contributed by atoms with E-state index >= 15 is 0 Å². The van der Waals surface area contributed by atoms with E-state index in [-0.39, 0.29) is 6.04 Å². The molecule has 0 radical (unpaired) electrons. The molecule has 2 aliphatic carbocycles. The monoisotopic (exact) mass is 371 g/mol. The zero-order valence-corrected chi connectivity index (χ0v) is 13.9. The SMILES string of the molecule is Fc1c(F)c(F)c(SN(C2CC2)C2(c3ccccc3)CC2)c(F)c1F. The van der Waals surface area contributed by atoms with Gasteiger partial charge in [0.2, 0.25) is 5.82 Å². The second kappa shape index (κ2) is 5.99. The van der Waals surface area contributed by atoms with Crippen molar-refractivity contribution in [1.82, 2.24) is 4.31 Å². The average molecular weight is 371 g/mol. The van der Waals surface area contributed by atoms with Crippen LogP contribution in [0.25, 0.3) is 0 Å². The molecule has 0 amide bonds. The Bertz CT molecular complexity index is 789. The lowest BCUT2D eigenvalue weighted by Crippen LogP contribution is -2.31. The first kappa shape index (κ1) is 16.8. The fourth-order valence-corrected chi connectivity index (χ4v) is 4.45. The summed E-state index contributed by atoms with van der Waals surface area (Å²) in [6.45, 7) is 0. The molecule has 4 rings (SSSR count). The van der Waals surface area contributed by atoms with Gasteiger partial charge in [0.25, 0.3) is 0 Å². The highest BCUT2D eigenvalue weighted by Crippen LogP contribution is 2.59. The molecule has 1 nitrogen and oxygen atoms in total. The summed E-state index contributed by atoms with van der Waals surface area (Å²) in [5.74, 6) is -9.46. The van der Waals surface area contributed by atoms with Gasteiger partial charge in [0.1, 0.15) is 4.90 Å². The third-order valence-electron chi connectivity index (χ3n) is 4.69. The first-order valence-electron chi connectivity index (χ1n) is 8.00. The van der Waals surface area contributed by atoms with Crippen LogP contribution in [0.5, 0.6) is 0 Å². The van der Waals surface area contributed by atoms with E-state index in [4.69, 9.17) is 0 Å². The third-order valence-corrected chi connectivity index (χ3v) is 6.08.